The number of anilines is 2. The van der Waals surface area contributed by atoms with Crippen molar-refractivity contribution >= 4 is 28.2 Å². The van der Waals surface area contributed by atoms with Gasteiger partial charge in [0.15, 0.2) is 0 Å². The molecule has 0 spiro atoms. The molecule has 3 aromatic carbocycles. The van der Waals surface area contributed by atoms with Gasteiger partial charge in [-0.1, -0.05) is 36.4 Å². The molecule has 0 bridgehead atoms. The normalized spacial score (nSPS) is 13.0. The number of H-pyrrole nitrogens is 1. The lowest BCUT2D eigenvalue weighted by atomic mass is 9.96. The van der Waals surface area contributed by atoms with E-state index in [1.807, 2.05) is 35.2 Å². The lowest BCUT2D eigenvalue weighted by molar-refractivity contribution is -0.136. The van der Waals surface area contributed by atoms with Crippen molar-refractivity contribution in [1.82, 2.24) is 4.98 Å². The Morgan fingerprint density at radius 2 is 1.88 bits per heavy atom. The predicted octanol–water partition coefficient (Wildman–Crippen LogP) is 1.68. The van der Waals surface area contributed by atoms with Gasteiger partial charge in [-0.05, 0) is 34.7 Å². The molecular weight excluding hydrogens is 408 g/mol. The van der Waals surface area contributed by atoms with Crippen LogP contribution in [0.4, 0.5) is 11.4 Å². The molecular formula is C24H24N4O4. The van der Waals surface area contributed by atoms with Gasteiger partial charge in [-0.25, -0.2) is 0 Å². The van der Waals surface area contributed by atoms with Crippen LogP contribution in [-0.2, 0) is 30.7 Å². The quantitative estimate of drug-likeness (QED) is 0.359. The smallest absolute Gasteiger partial charge is 0.307 e. The summed E-state index contributed by atoms with van der Waals surface area (Å²) in [6.07, 6.45) is 2.67. The molecule has 6 N–H and O–H groups in total. The van der Waals surface area contributed by atoms with Crippen LogP contribution in [-0.4, -0.2) is 22.6 Å². The molecule has 0 atom stereocenters. The fourth-order valence-electron chi connectivity index (χ4n) is 4.08. The molecule has 8 nitrogen and oxygen atoms in total. The third-order valence-corrected chi connectivity index (χ3v) is 5.77. The summed E-state index contributed by atoms with van der Waals surface area (Å²) in [6, 6.07) is 13.8. The van der Waals surface area contributed by atoms with Crippen molar-refractivity contribution in [1.29, 1.82) is 0 Å². The Hall–Kier alpha value is -3.91. The molecule has 1 aliphatic heterocycles. The number of rotatable bonds is 4. The summed E-state index contributed by atoms with van der Waals surface area (Å²) in [4.78, 5) is 38.2. The van der Waals surface area contributed by atoms with Crippen molar-refractivity contribution in [3.8, 4) is 0 Å². The number of benzene rings is 2. The first kappa shape index (κ1) is 21.3. The number of hydrogen-bond donors (Lipinski definition) is 4. The van der Waals surface area contributed by atoms with E-state index in [1.54, 1.807) is 6.20 Å². The van der Waals surface area contributed by atoms with Crippen LogP contribution in [0.3, 0.4) is 0 Å². The van der Waals surface area contributed by atoms with E-state index >= 15 is 0 Å². The lowest BCUT2D eigenvalue weighted by Crippen LogP contribution is -2.44. The molecule has 0 radical (unpaired) electrons. The number of carbonyl (C=O) groups is 1. The molecule has 0 fully saturated rings. The van der Waals surface area contributed by atoms with Crippen LogP contribution >= 0.6 is 0 Å². The van der Waals surface area contributed by atoms with Crippen molar-refractivity contribution in [3.63, 3.8) is 0 Å². The topological polar surface area (TPSA) is 143 Å². The van der Waals surface area contributed by atoms with E-state index in [-0.39, 0.29) is 12.1 Å². The van der Waals surface area contributed by atoms with Crippen molar-refractivity contribution < 1.29 is 9.90 Å². The zero-order valence-electron chi connectivity index (χ0n) is 17.4. The maximum Gasteiger partial charge on any atom is 0.307 e. The van der Waals surface area contributed by atoms with E-state index in [1.165, 1.54) is 5.56 Å². The second-order valence-electron chi connectivity index (χ2n) is 7.83. The van der Waals surface area contributed by atoms with Gasteiger partial charge in [0.05, 0.1) is 6.42 Å². The standard InChI is InChI=1S/C14H15N3O2.C10H9NO2/c15-6-8-1-2-9-3-4-17(7-10(9)5-8)12-11(16)13(18)14(12)19;12-10(13)5-7-6-11-9-4-2-1-3-8(7)9/h1-2,5H,3-4,6-7,15-16H2;1-4,6,11H,5H2,(H,12,13). The zero-order chi connectivity index (χ0) is 22.8. The molecule has 1 aromatic heterocycles. The van der Waals surface area contributed by atoms with E-state index in [0.29, 0.717) is 25.3 Å². The number of fused-ring (bicyclic) bond motifs is 2. The SMILES string of the molecule is NCc1ccc2c(c1)CN(c1c(N)c(=O)c1=O)CC2.O=C(O)Cc1c[nH]c2ccccc12. The lowest BCUT2D eigenvalue weighted by Gasteiger charge is -2.31. The fraction of sp³-hybridized carbons (Fsp3) is 0.208. The Morgan fingerprint density at radius 1 is 1.09 bits per heavy atom. The Morgan fingerprint density at radius 3 is 2.59 bits per heavy atom. The summed E-state index contributed by atoms with van der Waals surface area (Å²) in [7, 11) is 0. The van der Waals surface area contributed by atoms with Gasteiger partial charge in [0.25, 0.3) is 10.9 Å². The van der Waals surface area contributed by atoms with Gasteiger partial charge in [0.2, 0.25) is 0 Å². The Bertz CT molecular complexity index is 1360. The highest BCUT2D eigenvalue weighted by Gasteiger charge is 2.26. The van der Waals surface area contributed by atoms with Crippen LogP contribution in [0.25, 0.3) is 10.9 Å². The molecule has 5 rings (SSSR count). The van der Waals surface area contributed by atoms with Crippen LogP contribution in [0.15, 0.2) is 58.3 Å². The van der Waals surface area contributed by atoms with E-state index in [0.717, 1.165) is 34.0 Å². The van der Waals surface area contributed by atoms with Crippen molar-refractivity contribution in [3.05, 3.63) is 91.4 Å². The third-order valence-electron chi connectivity index (χ3n) is 5.77. The van der Waals surface area contributed by atoms with E-state index in [9.17, 15) is 14.4 Å². The van der Waals surface area contributed by atoms with Crippen molar-refractivity contribution in [2.24, 2.45) is 5.73 Å². The second-order valence-corrected chi connectivity index (χ2v) is 7.83. The molecule has 0 amide bonds. The fourth-order valence-corrected chi connectivity index (χ4v) is 4.08. The molecule has 8 heteroatoms. The molecule has 0 unspecified atom stereocenters. The number of aliphatic carboxylic acids is 1. The molecule has 0 saturated heterocycles. The number of aromatic nitrogens is 1. The van der Waals surface area contributed by atoms with Gasteiger partial charge < -0.3 is 26.5 Å². The average molecular weight is 432 g/mol. The van der Waals surface area contributed by atoms with Gasteiger partial charge in [-0.15, -0.1) is 0 Å². The largest absolute Gasteiger partial charge is 0.481 e. The van der Waals surface area contributed by atoms with Crippen molar-refractivity contribution in [2.75, 3.05) is 17.2 Å². The molecule has 0 saturated carbocycles. The number of aromatic amines is 1. The maximum atomic E-state index is 11.6. The monoisotopic (exact) mass is 432 g/mol. The number of nitrogens with two attached hydrogens (primary N) is 2. The zero-order valence-corrected chi connectivity index (χ0v) is 17.4. The van der Waals surface area contributed by atoms with Gasteiger partial charge in [-0.2, -0.15) is 0 Å². The summed E-state index contributed by atoms with van der Waals surface area (Å²) >= 11 is 0. The summed E-state index contributed by atoms with van der Waals surface area (Å²) in [5.41, 5.74) is 16.0. The highest BCUT2D eigenvalue weighted by molar-refractivity contribution is 5.86. The minimum atomic E-state index is -0.801. The van der Waals surface area contributed by atoms with Crippen LogP contribution in [0.2, 0.25) is 0 Å². The number of nitrogens with zero attached hydrogens (tertiary/aromatic N) is 1. The summed E-state index contributed by atoms with van der Waals surface area (Å²) in [5, 5.41) is 9.62. The van der Waals surface area contributed by atoms with Crippen LogP contribution < -0.4 is 27.2 Å². The molecule has 2 heterocycles. The first-order valence-electron chi connectivity index (χ1n) is 10.3. The highest BCUT2D eigenvalue weighted by atomic mass is 16.4. The van der Waals surface area contributed by atoms with Crippen LogP contribution in [0, 0.1) is 0 Å². The van der Waals surface area contributed by atoms with Gasteiger partial charge in [0, 0.05) is 36.7 Å². The Labute approximate surface area is 183 Å². The Kier molecular flexibility index (Phi) is 5.79. The maximum absolute atomic E-state index is 11.6. The van der Waals surface area contributed by atoms with E-state index < -0.39 is 16.8 Å². The average Bonchev–Trinajstić information content (AvgIpc) is 3.21. The van der Waals surface area contributed by atoms with Gasteiger partial charge in [0.1, 0.15) is 11.4 Å². The first-order chi connectivity index (χ1) is 15.4. The minimum absolute atomic E-state index is 0.0734. The van der Waals surface area contributed by atoms with Gasteiger partial charge >= 0.3 is 5.97 Å². The third kappa shape index (κ3) is 4.00. The Balaban J connectivity index is 0.000000165. The number of hydrogen-bond acceptors (Lipinski definition) is 6. The first-order valence-corrected chi connectivity index (χ1v) is 10.3. The predicted molar refractivity (Wildman–Crippen MR) is 124 cm³/mol. The summed E-state index contributed by atoms with van der Waals surface area (Å²) in [5.74, 6) is -0.801. The van der Waals surface area contributed by atoms with Crippen molar-refractivity contribution in [2.45, 2.75) is 25.9 Å². The van der Waals surface area contributed by atoms with Gasteiger partial charge in [-0.3, -0.25) is 14.4 Å². The molecule has 4 aromatic rings. The summed E-state index contributed by atoms with van der Waals surface area (Å²) in [6.45, 7) is 1.82. The van der Waals surface area contributed by atoms with E-state index in [4.69, 9.17) is 16.6 Å². The minimum Gasteiger partial charge on any atom is -0.481 e. The molecule has 164 valence electrons. The number of nitrogens with one attached hydrogen (secondary N) is 1. The van der Waals surface area contributed by atoms with E-state index in [2.05, 4.69) is 17.1 Å². The highest BCUT2D eigenvalue weighted by Crippen LogP contribution is 2.26. The van der Waals surface area contributed by atoms with Crippen LogP contribution in [0.1, 0.15) is 22.3 Å². The molecule has 0 aliphatic carbocycles. The molecule has 32 heavy (non-hydrogen) atoms. The number of carboxylic acids is 1. The number of nitrogen functional groups attached to an aromatic ring is 1. The molecule has 1 aliphatic rings. The second kappa shape index (κ2) is 8.68. The number of para-hydroxylation sites is 1. The van der Waals surface area contributed by atoms with Crippen LogP contribution in [0.5, 0.6) is 0 Å². The summed E-state index contributed by atoms with van der Waals surface area (Å²) < 4.78 is 0. The number of carboxylic acid groups (broad SMARTS) is 1.